The van der Waals surface area contributed by atoms with Crippen molar-refractivity contribution in [3.63, 3.8) is 0 Å². The number of aryl methyl sites for hydroxylation is 1. The number of aliphatic hydroxyl groups is 1. The predicted molar refractivity (Wildman–Crippen MR) is 136 cm³/mol. The summed E-state index contributed by atoms with van der Waals surface area (Å²) in [4.78, 5) is 26.4. The summed E-state index contributed by atoms with van der Waals surface area (Å²) in [6.07, 6.45) is 4.16. The Labute approximate surface area is 204 Å². The Hall–Kier alpha value is -4.11. The summed E-state index contributed by atoms with van der Waals surface area (Å²) in [6, 6.07) is 13.2. The molecule has 0 saturated heterocycles. The Morgan fingerprint density at radius 2 is 2.00 bits per heavy atom. The summed E-state index contributed by atoms with van der Waals surface area (Å²) in [6.45, 7) is 5.94. The molecule has 1 aliphatic carbocycles. The molecule has 1 unspecified atom stereocenters. The van der Waals surface area contributed by atoms with E-state index >= 15 is 0 Å². The number of fused-ring (bicyclic) bond motifs is 1. The van der Waals surface area contributed by atoms with E-state index in [4.69, 9.17) is 9.72 Å². The van der Waals surface area contributed by atoms with Gasteiger partial charge in [-0.1, -0.05) is 18.7 Å². The Morgan fingerprint density at radius 3 is 2.71 bits per heavy atom. The standard InChI is InChI=1S/C26H28N6O3/c1-4-23(33)28-21-7-5-6-8-22(21)29-25-27-14-17-15-31(19-11-16(2)12-20(13-19)35-3)26(34)32(18-9-10-18)24(17)30-25/h4-8,11-14,18,23,28,33H,1,9-10,15H2,2-3H3,(H,27,29,30). The molecule has 2 aliphatic rings. The molecule has 35 heavy (non-hydrogen) atoms. The molecule has 5 rings (SSSR count). The van der Waals surface area contributed by atoms with E-state index in [1.807, 2.05) is 49.4 Å². The molecule has 0 spiro atoms. The zero-order valence-corrected chi connectivity index (χ0v) is 19.7. The zero-order valence-electron chi connectivity index (χ0n) is 19.7. The van der Waals surface area contributed by atoms with E-state index < -0.39 is 6.23 Å². The highest BCUT2D eigenvalue weighted by molar-refractivity contribution is 6.06. The summed E-state index contributed by atoms with van der Waals surface area (Å²) in [5, 5.41) is 16.1. The van der Waals surface area contributed by atoms with Crippen LogP contribution in [-0.4, -0.2) is 40.5 Å². The van der Waals surface area contributed by atoms with Gasteiger partial charge in [0.2, 0.25) is 5.95 Å². The monoisotopic (exact) mass is 472 g/mol. The van der Waals surface area contributed by atoms with Gasteiger partial charge < -0.3 is 20.5 Å². The highest BCUT2D eigenvalue weighted by Gasteiger charge is 2.42. The van der Waals surface area contributed by atoms with Crippen molar-refractivity contribution in [3.05, 3.63) is 72.4 Å². The van der Waals surface area contributed by atoms with E-state index in [-0.39, 0.29) is 12.1 Å². The maximum absolute atomic E-state index is 13.6. The number of carbonyl (C=O) groups is 1. The van der Waals surface area contributed by atoms with Crippen LogP contribution in [-0.2, 0) is 6.54 Å². The van der Waals surface area contributed by atoms with Gasteiger partial charge in [-0.05, 0) is 55.7 Å². The largest absolute Gasteiger partial charge is 0.497 e. The van der Waals surface area contributed by atoms with Gasteiger partial charge in [0.15, 0.2) is 0 Å². The van der Waals surface area contributed by atoms with E-state index in [0.29, 0.717) is 35.4 Å². The number of aromatic nitrogens is 2. The van der Waals surface area contributed by atoms with Crippen LogP contribution in [0.2, 0.25) is 0 Å². The van der Waals surface area contributed by atoms with Gasteiger partial charge in [-0.15, -0.1) is 0 Å². The minimum atomic E-state index is -0.892. The number of rotatable bonds is 8. The van der Waals surface area contributed by atoms with Gasteiger partial charge >= 0.3 is 6.03 Å². The molecule has 9 heteroatoms. The molecule has 2 aromatic carbocycles. The molecule has 2 heterocycles. The van der Waals surface area contributed by atoms with Crippen molar-refractivity contribution in [2.45, 2.75) is 38.6 Å². The van der Waals surface area contributed by atoms with E-state index in [1.165, 1.54) is 6.08 Å². The van der Waals surface area contributed by atoms with Gasteiger partial charge in [0, 0.05) is 29.6 Å². The number of carbonyl (C=O) groups excluding carboxylic acids is 1. The molecule has 180 valence electrons. The number of hydrogen-bond donors (Lipinski definition) is 3. The predicted octanol–water partition coefficient (Wildman–Crippen LogP) is 4.56. The fourth-order valence-electron chi connectivity index (χ4n) is 4.16. The molecular weight excluding hydrogens is 444 g/mol. The smallest absolute Gasteiger partial charge is 0.330 e. The minimum absolute atomic E-state index is 0.103. The van der Waals surface area contributed by atoms with Crippen molar-refractivity contribution in [3.8, 4) is 5.75 Å². The Bertz CT molecular complexity index is 1280. The van der Waals surface area contributed by atoms with E-state index in [2.05, 4.69) is 22.2 Å². The molecule has 0 radical (unpaired) electrons. The second-order valence-corrected chi connectivity index (χ2v) is 8.72. The van der Waals surface area contributed by atoms with Crippen LogP contribution < -0.4 is 25.2 Å². The van der Waals surface area contributed by atoms with Gasteiger partial charge in [-0.3, -0.25) is 9.80 Å². The second-order valence-electron chi connectivity index (χ2n) is 8.72. The number of aliphatic hydroxyl groups excluding tert-OH is 1. The summed E-state index contributed by atoms with van der Waals surface area (Å²) >= 11 is 0. The summed E-state index contributed by atoms with van der Waals surface area (Å²) in [7, 11) is 1.62. The summed E-state index contributed by atoms with van der Waals surface area (Å²) in [5.41, 5.74) is 4.04. The first kappa shape index (κ1) is 22.7. The number of para-hydroxylation sites is 2. The lowest BCUT2D eigenvalue weighted by Gasteiger charge is -2.36. The van der Waals surface area contributed by atoms with Crippen LogP contribution in [0.15, 0.2) is 61.3 Å². The number of anilines is 5. The quantitative estimate of drug-likeness (QED) is 0.326. The highest BCUT2D eigenvalue weighted by atomic mass is 16.5. The number of methoxy groups -OCH3 is 1. The van der Waals surface area contributed by atoms with Crippen molar-refractivity contribution >= 4 is 34.9 Å². The van der Waals surface area contributed by atoms with E-state index in [0.717, 1.165) is 29.7 Å². The van der Waals surface area contributed by atoms with Gasteiger partial charge in [0.25, 0.3) is 0 Å². The highest BCUT2D eigenvalue weighted by Crippen LogP contribution is 2.39. The molecule has 9 nitrogen and oxygen atoms in total. The molecule has 1 aliphatic heterocycles. The first-order valence-electron chi connectivity index (χ1n) is 11.5. The number of nitrogens with zero attached hydrogens (tertiary/aromatic N) is 4. The number of ether oxygens (including phenoxy) is 1. The summed E-state index contributed by atoms with van der Waals surface area (Å²) < 4.78 is 5.42. The molecule has 1 aromatic heterocycles. The first-order chi connectivity index (χ1) is 17.0. The number of amides is 2. The lowest BCUT2D eigenvalue weighted by Crippen LogP contribution is -2.49. The Kier molecular flexibility index (Phi) is 6.00. The molecule has 0 bridgehead atoms. The van der Waals surface area contributed by atoms with Crippen molar-refractivity contribution < 1.29 is 14.6 Å². The fourth-order valence-corrected chi connectivity index (χ4v) is 4.16. The van der Waals surface area contributed by atoms with Crippen LogP contribution in [0.3, 0.4) is 0 Å². The lowest BCUT2D eigenvalue weighted by molar-refractivity contribution is 0.249. The number of benzene rings is 2. The average molecular weight is 473 g/mol. The third-order valence-corrected chi connectivity index (χ3v) is 6.03. The van der Waals surface area contributed by atoms with Crippen molar-refractivity contribution in [2.24, 2.45) is 0 Å². The maximum atomic E-state index is 13.6. The number of nitrogens with one attached hydrogen (secondary N) is 2. The third-order valence-electron chi connectivity index (χ3n) is 6.03. The van der Waals surface area contributed by atoms with Gasteiger partial charge in [0.05, 0.1) is 25.0 Å². The zero-order chi connectivity index (χ0) is 24.5. The van der Waals surface area contributed by atoms with Crippen LogP contribution in [0.25, 0.3) is 0 Å². The van der Waals surface area contributed by atoms with Crippen molar-refractivity contribution in [1.82, 2.24) is 9.97 Å². The Morgan fingerprint density at radius 1 is 1.23 bits per heavy atom. The molecular formula is C26H28N6O3. The van der Waals surface area contributed by atoms with E-state index in [9.17, 15) is 9.90 Å². The van der Waals surface area contributed by atoms with Gasteiger partial charge in [0.1, 0.15) is 17.8 Å². The van der Waals surface area contributed by atoms with Gasteiger partial charge in [-0.2, -0.15) is 4.98 Å². The molecule has 1 fully saturated rings. The van der Waals surface area contributed by atoms with Crippen molar-refractivity contribution in [1.29, 1.82) is 0 Å². The normalized spacial score (nSPS) is 15.9. The summed E-state index contributed by atoms with van der Waals surface area (Å²) in [5.74, 6) is 1.71. The van der Waals surface area contributed by atoms with Crippen LogP contribution in [0.4, 0.5) is 33.6 Å². The maximum Gasteiger partial charge on any atom is 0.330 e. The fraction of sp³-hybridized carbons (Fsp3) is 0.269. The first-order valence-corrected chi connectivity index (χ1v) is 11.5. The third kappa shape index (κ3) is 4.63. The van der Waals surface area contributed by atoms with Gasteiger partial charge in [-0.25, -0.2) is 9.78 Å². The molecule has 3 aromatic rings. The molecule has 3 N–H and O–H groups in total. The van der Waals surface area contributed by atoms with Crippen LogP contribution in [0.5, 0.6) is 5.75 Å². The Balaban J connectivity index is 1.47. The SMILES string of the molecule is C=CC(O)Nc1ccccc1Nc1ncc2c(n1)N(C1CC1)C(=O)N(c1cc(C)cc(OC)c1)C2. The minimum Gasteiger partial charge on any atom is -0.497 e. The van der Waals surface area contributed by atoms with Crippen molar-refractivity contribution in [2.75, 3.05) is 27.5 Å². The number of hydrogen-bond acceptors (Lipinski definition) is 7. The second kappa shape index (κ2) is 9.27. The van der Waals surface area contributed by atoms with Crippen LogP contribution in [0, 0.1) is 6.92 Å². The van der Waals surface area contributed by atoms with Crippen LogP contribution >= 0.6 is 0 Å². The topological polar surface area (TPSA) is 103 Å². The lowest BCUT2D eigenvalue weighted by atomic mass is 10.1. The number of urea groups is 1. The molecule has 2 amide bonds. The average Bonchev–Trinajstić information content (AvgIpc) is 3.69. The van der Waals surface area contributed by atoms with Crippen LogP contribution in [0.1, 0.15) is 24.0 Å². The molecule has 1 saturated carbocycles. The van der Waals surface area contributed by atoms with E-state index in [1.54, 1.807) is 23.1 Å². The molecule has 1 atom stereocenters.